The molecule has 1 aliphatic rings. The molecule has 1 heterocycles. The maximum Gasteiger partial charge on any atom is 0.363 e. The number of hydrogen-bond acceptors (Lipinski definition) is 4. The van der Waals surface area contributed by atoms with Gasteiger partial charge in [-0.15, -0.1) is 0 Å². The number of carbonyl (C=O) groups excluding carboxylic acids is 1. The second-order valence-corrected chi connectivity index (χ2v) is 4.83. The number of cyclic esters (lactones) is 1. The van der Waals surface area contributed by atoms with Crippen LogP contribution in [0.1, 0.15) is 11.1 Å². The number of benzene rings is 2. The number of para-hydroxylation sites is 1. The molecule has 0 unspecified atom stereocenters. The number of carbonyl (C=O) groups is 1. The summed E-state index contributed by atoms with van der Waals surface area (Å²) in [6, 6.07) is 17.0. The first-order valence-corrected chi connectivity index (χ1v) is 7.15. The fourth-order valence-electron chi connectivity index (χ4n) is 2.17. The zero-order valence-electron chi connectivity index (χ0n) is 12.6. The SMILES string of the molecule is COc1ccccc1/C=C/C=C1/N=C(c2ccccc2)OC1=O. The van der Waals surface area contributed by atoms with E-state index in [0.29, 0.717) is 5.90 Å². The van der Waals surface area contributed by atoms with Crippen LogP contribution in [0.25, 0.3) is 6.08 Å². The van der Waals surface area contributed by atoms with E-state index in [-0.39, 0.29) is 5.70 Å². The Hall–Kier alpha value is -3.14. The highest BCUT2D eigenvalue weighted by Crippen LogP contribution is 2.20. The van der Waals surface area contributed by atoms with Gasteiger partial charge in [0.25, 0.3) is 0 Å². The molecule has 23 heavy (non-hydrogen) atoms. The standard InChI is InChI=1S/C19H15NO3/c1-22-17-13-6-5-8-14(17)11-7-12-16-19(21)23-18(20-16)15-9-3-2-4-10-15/h2-13H,1H3/b11-7+,16-12+. The van der Waals surface area contributed by atoms with Crippen LogP contribution in [0.5, 0.6) is 5.75 Å². The summed E-state index contributed by atoms with van der Waals surface area (Å²) in [5, 5.41) is 0. The van der Waals surface area contributed by atoms with Crippen molar-refractivity contribution >= 4 is 17.9 Å². The molecule has 0 amide bonds. The minimum atomic E-state index is -0.450. The minimum Gasteiger partial charge on any atom is -0.496 e. The molecule has 4 heteroatoms. The lowest BCUT2D eigenvalue weighted by Gasteiger charge is -2.02. The van der Waals surface area contributed by atoms with Crippen molar-refractivity contribution in [3.63, 3.8) is 0 Å². The number of ether oxygens (including phenoxy) is 2. The highest BCUT2D eigenvalue weighted by atomic mass is 16.6. The first-order valence-electron chi connectivity index (χ1n) is 7.15. The summed E-state index contributed by atoms with van der Waals surface area (Å²) in [6.45, 7) is 0. The lowest BCUT2D eigenvalue weighted by Crippen LogP contribution is -2.04. The first kappa shape index (κ1) is 14.8. The quantitative estimate of drug-likeness (QED) is 0.640. The first-order chi connectivity index (χ1) is 11.3. The Labute approximate surface area is 134 Å². The van der Waals surface area contributed by atoms with Crippen LogP contribution >= 0.6 is 0 Å². The molecule has 0 radical (unpaired) electrons. The maximum absolute atomic E-state index is 11.9. The Bertz CT molecular complexity index is 804. The minimum absolute atomic E-state index is 0.273. The predicted molar refractivity (Wildman–Crippen MR) is 89.2 cm³/mol. The van der Waals surface area contributed by atoms with Crippen LogP contribution in [-0.2, 0) is 9.53 Å². The van der Waals surface area contributed by atoms with Gasteiger partial charge in [-0.2, -0.15) is 0 Å². The summed E-state index contributed by atoms with van der Waals surface area (Å²) in [5.74, 6) is 0.644. The molecule has 3 rings (SSSR count). The Morgan fingerprint density at radius 3 is 2.57 bits per heavy atom. The van der Waals surface area contributed by atoms with Gasteiger partial charge >= 0.3 is 5.97 Å². The van der Waals surface area contributed by atoms with Gasteiger partial charge in [-0.1, -0.05) is 48.6 Å². The molecular weight excluding hydrogens is 290 g/mol. The third-order valence-electron chi connectivity index (χ3n) is 3.31. The number of nitrogens with zero attached hydrogens (tertiary/aromatic N) is 1. The number of rotatable bonds is 4. The second kappa shape index (κ2) is 6.75. The average Bonchev–Trinajstić information content (AvgIpc) is 2.97. The summed E-state index contributed by atoms with van der Waals surface area (Å²) in [4.78, 5) is 16.1. The summed E-state index contributed by atoms with van der Waals surface area (Å²) < 4.78 is 10.5. The van der Waals surface area contributed by atoms with Gasteiger partial charge in [-0.25, -0.2) is 9.79 Å². The normalized spacial score (nSPS) is 15.8. The topological polar surface area (TPSA) is 47.9 Å². The molecular formula is C19H15NO3. The van der Waals surface area contributed by atoms with Gasteiger partial charge in [-0.05, 0) is 24.3 Å². The van der Waals surface area contributed by atoms with Gasteiger partial charge in [0, 0.05) is 11.1 Å². The molecule has 0 aromatic heterocycles. The van der Waals surface area contributed by atoms with Gasteiger partial charge in [0.1, 0.15) is 5.75 Å². The van der Waals surface area contributed by atoms with E-state index in [1.807, 2.05) is 60.7 Å². The molecule has 0 N–H and O–H groups in total. The molecule has 0 fully saturated rings. The van der Waals surface area contributed by atoms with E-state index in [1.54, 1.807) is 19.3 Å². The van der Waals surface area contributed by atoms with E-state index >= 15 is 0 Å². The van der Waals surface area contributed by atoms with Gasteiger partial charge in [0.2, 0.25) is 5.90 Å². The zero-order valence-corrected chi connectivity index (χ0v) is 12.6. The van der Waals surface area contributed by atoms with Gasteiger partial charge in [-0.3, -0.25) is 0 Å². The summed E-state index contributed by atoms with van der Waals surface area (Å²) >= 11 is 0. The average molecular weight is 305 g/mol. The van der Waals surface area contributed by atoms with Gasteiger partial charge in [0.05, 0.1) is 7.11 Å². The zero-order chi connectivity index (χ0) is 16.1. The van der Waals surface area contributed by atoms with Crippen LogP contribution in [0.4, 0.5) is 0 Å². The third-order valence-corrected chi connectivity index (χ3v) is 3.31. The maximum atomic E-state index is 11.9. The summed E-state index contributed by atoms with van der Waals surface area (Å²) in [6.07, 6.45) is 5.24. The van der Waals surface area contributed by atoms with Crippen LogP contribution in [0, 0.1) is 0 Å². The van der Waals surface area contributed by atoms with Crippen LogP contribution in [0.15, 0.2) is 77.4 Å². The Morgan fingerprint density at radius 1 is 1.04 bits per heavy atom. The Kier molecular flexibility index (Phi) is 4.34. The molecule has 0 spiro atoms. The number of esters is 1. The second-order valence-electron chi connectivity index (χ2n) is 4.83. The van der Waals surface area contributed by atoms with Crippen molar-refractivity contribution in [3.05, 3.63) is 83.6 Å². The predicted octanol–water partition coefficient (Wildman–Crippen LogP) is 3.60. The number of allylic oxidation sites excluding steroid dienone is 2. The fourth-order valence-corrected chi connectivity index (χ4v) is 2.17. The van der Waals surface area contributed by atoms with Crippen molar-refractivity contribution in [3.8, 4) is 5.75 Å². The van der Waals surface area contributed by atoms with E-state index in [4.69, 9.17) is 9.47 Å². The largest absolute Gasteiger partial charge is 0.496 e. The van der Waals surface area contributed by atoms with Crippen molar-refractivity contribution in [1.29, 1.82) is 0 Å². The van der Waals surface area contributed by atoms with E-state index in [9.17, 15) is 4.79 Å². The summed E-state index contributed by atoms with van der Waals surface area (Å²) in [7, 11) is 1.62. The van der Waals surface area contributed by atoms with Crippen molar-refractivity contribution in [2.24, 2.45) is 4.99 Å². The Morgan fingerprint density at radius 2 is 1.78 bits per heavy atom. The van der Waals surface area contributed by atoms with Crippen molar-refractivity contribution in [2.45, 2.75) is 0 Å². The van der Waals surface area contributed by atoms with Crippen molar-refractivity contribution in [1.82, 2.24) is 0 Å². The summed E-state index contributed by atoms with van der Waals surface area (Å²) in [5.41, 5.74) is 1.97. The molecule has 0 saturated heterocycles. The monoisotopic (exact) mass is 305 g/mol. The molecule has 0 atom stereocenters. The van der Waals surface area contributed by atoms with Crippen molar-refractivity contribution in [2.75, 3.05) is 7.11 Å². The van der Waals surface area contributed by atoms with Gasteiger partial charge < -0.3 is 9.47 Å². The highest BCUT2D eigenvalue weighted by Gasteiger charge is 2.23. The van der Waals surface area contributed by atoms with E-state index in [0.717, 1.165) is 16.9 Å². The molecule has 2 aromatic carbocycles. The fraction of sp³-hybridized carbons (Fsp3) is 0.0526. The third kappa shape index (κ3) is 3.37. The molecule has 4 nitrogen and oxygen atoms in total. The molecule has 114 valence electrons. The van der Waals surface area contributed by atoms with Crippen LogP contribution in [-0.4, -0.2) is 19.0 Å². The molecule has 2 aromatic rings. The Balaban J connectivity index is 1.81. The lowest BCUT2D eigenvalue weighted by molar-refractivity contribution is -0.130. The van der Waals surface area contributed by atoms with E-state index in [1.165, 1.54) is 0 Å². The highest BCUT2D eigenvalue weighted by molar-refractivity contribution is 6.11. The lowest BCUT2D eigenvalue weighted by atomic mass is 10.2. The number of hydrogen-bond donors (Lipinski definition) is 0. The van der Waals surface area contributed by atoms with Crippen LogP contribution in [0.3, 0.4) is 0 Å². The smallest absolute Gasteiger partial charge is 0.363 e. The molecule has 1 aliphatic heterocycles. The molecule has 0 bridgehead atoms. The van der Waals surface area contributed by atoms with E-state index < -0.39 is 5.97 Å². The van der Waals surface area contributed by atoms with Crippen LogP contribution in [0.2, 0.25) is 0 Å². The molecule has 0 saturated carbocycles. The number of methoxy groups -OCH3 is 1. The number of aliphatic imine (C=N–C) groups is 1. The molecule has 0 aliphatic carbocycles. The van der Waals surface area contributed by atoms with Gasteiger partial charge in [0.15, 0.2) is 5.70 Å². The van der Waals surface area contributed by atoms with E-state index in [2.05, 4.69) is 4.99 Å². The van der Waals surface area contributed by atoms with Crippen molar-refractivity contribution < 1.29 is 14.3 Å². The van der Waals surface area contributed by atoms with Crippen LogP contribution < -0.4 is 4.74 Å².